The molecule has 3 rings (SSSR count). The third-order valence-corrected chi connectivity index (χ3v) is 4.99. The van der Waals surface area contributed by atoms with Gasteiger partial charge < -0.3 is 14.6 Å². The van der Waals surface area contributed by atoms with E-state index in [4.69, 9.17) is 9.47 Å². The standard InChI is InChI=1S/C21H18O7S/c22-20(17-9-3-1-4-10-17)21(23,29(24,25)26)27-15-16-8-7-13-19(14-16)28-18-11-5-2-6-12-18/h1-14,23H,15H2,(H,24,25,26). The summed E-state index contributed by atoms with van der Waals surface area (Å²) >= 11 is 0. The zero-order valence-electron chi connectivity index (χ0n) is 15.1. The van der Waals surface area contributed by atoms with Crippen LogP contribution in [0.15, 0.2) is 84.9 Å². The van der Waals surface area contributed by atoms with Crippen LogP contribution in [0, 0.1) is 0 Å². The van der Waals surface area contributed by atoms with E-state index in [1.54, 1.807) is 42.5 Å². The summed E-state index contributed by atoms with van der Waals surface area (Å²) in [7, 11) is -5.29. The molecule has 0 radical (unpaired) electrons. The summed E-state index contributed by atoms with van der Waals surface area (Å²) in [6, 6.07) is 22.7. The molecule has 0 heterocycles. The van der Waals surface area contributed by atoms with Gasteiger partial charge in [0.15, 0.2) is 0 Å². The average Bonchev–Trinajstić information content (AvgIpc) is 2.72. The largest absolute Gasteiger partial charge is 0.457 e. The van der Waals surface area contributed by atoms with Crippen LogP contribution >= 0.6 is 0 Å². The lowest BCUT2D eigenvalue weighted by Crippen LogP contribution is -2.48. The molecule has 3 aromatic carbocycles. The number of aliphatic hydroxyl groups is 1. The predicted octanol–water partition coefficient (Wildman–Crippen LogP) is 3.41. The number of ether oxygens (including phenoxy) is 2. The van der Waals surface area contributed by atoms with Crippen molar-refractivity contribution >= 4 is 15.9 Å². The number of rotatable bonds is 8. The van der Waals surface area contributed by atoms with Crippen molar-refractivity contribution in [3.05, 3.63) is 96.1 Å². The second-order valence-electron chi connectivity index (χ2n) is 6.10. The van der Waals surface area contributed by atoms with Gasteiger partial charge in [-0.3, -0.25) is 9.35 Å². The fourth-order valence-electron chi connectivity index (χ4n) is 2.53. The van der Waals surface area contributed by atoms with Gasteiger partial charge in [0.2, 0.25) is 5.78 Å². The van der Waals surface area contributed by atoms with Crippen molar-refractivity contribution < 1.29 is 32.3 Å². The van der Waals surface area contributed by atoms with Gasteiger partial charge in [-0.05, 0) is 29.8 Å². The molecular formula is C21H18O7S. The van der Waals surface area contributed by atoms with E-state index >= 15 is 0 Å². The highest BCUT2D eigenvalue weighted by Gasteiger charge is 2.50. The number of ketones is 1. The summed E-state index contributed by atoms with van der Waals surface area (Å²) in [6.07, 6.45) is 0. The van der Waals surface area contributed by atoms with Gasteiger partial charge >= 0.3 is 15.2 Å². The molecule has 1 unspecified atom stereocenters. The quantitative estimate of drug-likeness (QED) is 0.330. The molecule has 0 saturated carbocycles. The Kier molecular flexibility index (Phi) is 6.09. The van der Waals surface area contributed by atoms with Crippen molar-refractivity contribution in [3.63, 3.8) is 0 Å². The highest BCUT2D eigenvalue weighted by atomic mass is 32.2. The molecule has 0 fully saturated rings. The van der Waals surface area contributed by atoms with Crippen LogP contribution in [0.1, 0.15) is 15.9 Å². The zero-order valence-corrected chi connectivity index (χ0v) is 16.0. The van der Waals surface area contributed by atoms with Crippen molar-refractivity contribution in [2.24, 2.45) is 0 Å². The Balaban J connectivity index is 1.80. The molecule has 29 heavy (non-hydrogen) atoms. The normalized spacial score (nSPS) is 13.4. The second-order valence-corrected chi connectivity index (χ2v) is 7.61. The zero-order chi connectivity index (χ0) is 20.9. The molecule has 0 bridgehead atoms. The monoisotopic (exact) mass is 414 g/mol. The van der Waals surface area contributed by atoms with Crippen LogP contribution in [0.4, 0.5) is 0 Å². The molecule has 7 nitrogen and oxygen atoms in total. The van der Waals surface area contributed by atoms with E-state index in [-0.39, 0.29) is 5.56 Å². The first-order valence-electron chi connectivity index (χ1n) is 8.55. The van der Waals surface area contributed by atoms with E-state index < -0.39 is 27.6 Å². The van der Waals surface area contributed by atoms with Crippen LogP contribution in [0.25, 0.3) is 0 Å². The van der Waals surface area contributed by atoms with E-state index in [1.165, 1.54) is 24.3 Å². The van der Waals surface area contributed by atoms with E-state index in [1.807, 2.05) is 18.2 Å². The summed E-state index contributed by atoms with van der Waals surface area (Å²) in [5.74, 6) is -0.251. The highest BCUT2D eigenvalue weighted by Crippen LogP contribution is 2.26. The first-order chi connectivity index (χ1) is 13.8. The Morgan fingerprint density at radius 2 is 1.45 bits per heavy atom. The Morgan fingerprint density at radius 1 is 0.862 bits per heavy atom. The minimum atomic E-state index is -5.29. The fraction of sp³-hybridized carbons (Fsp3) is 0.0952. The number of carbonyl (C=O) groups excluding carboxylic acids is 1. The number of hydrogen-bond donors (Lipinski definition) is 2. The molecule has 3 aromatic rings. The molecular weight excluding hydrogens is 396 g/mol. The molecule has 0 saturated heterocycles. The third-order valence-electron chi connectivity index (χ3n) is 3.98. The third kappa shape index (κ3) is 4.87. The lowest BCUT2D eigenvalue weighted by Gasteiger charge is -2.23. The maximum Gasteiger partial charge on any atom is 0.363 e. The minimum absolute atomic E-state index is 0.131. The van der Waals surface area contributed by atoms with E-state index in [9.17, 15) is 22.9 Å². The topological polar surface area (TPSA) is 110 Å². The van der Waals surface area contributed by atoms with Crippen LogP contribution in [0.2, 0.25) is 0 Å². The summed E-state index contributed by atoms with van der Waals surface area (Å²) in [4.78, 5) is 12.5. The van der Waals surface area contributed by atoms with Gasteiger partial charge in [0.1, 0.15) is 11.5 Å². The van der Waals surface area contributed by atoms with Gasteiger partial charge in [-0.2, -0.15) is 8.42 Å². The van der Waals surface area contributed by atoms with Crippen LogP contribution in [0.3, 0.4) is 0 Å². The van der Waals surface area contributed by atoms with Crippen molar-refractivity contribution in [1.29, 1.82) is 0 Å². The molecule has 150 valence electrons. The predicted molar refractivity (Wildman–Crippen MR) is 105 cm³/mol. The van der Waals surface area contributed by atoms with Gasteiger partial charge in [0.05, 0.1) is 6.61 Å². The summed E-state index contributed by atoms with van der Waals surface area (Å²) < 4.78 is 43.6. The van der Waals surface area contributed by atoms with E-state index in [0.717, 1.165) is 0 Å². The van der Waals surface area contributed by atoms with Crippen LogP contribution < -0.4 is 4.74 Å². The Labute approximate surface area is 167 Å². The van der Waals surface area contributed by atoms with Crippen LogP contribution in [-0.2, 0) is 21.5 Å². The molecule has 0 spiro atoms. The van der Waals surface area contributed by atoms with Crippen molar-refractivity contribution in [3.8, 4) is 11.5 Å². The highest BCUT2D eigenvalue weighted by molar-refractivity contribution is 7.87. The molecule has 2 N–H and O–H groups in total. The van der Waals surface area contributed by atoms with Crippen molar-refractivity contribution in [2.75, 3.05) is 0 Å². The van der Waals surface area contributed by atoms with Crippen LogP contribution in [0.5, 0.6) is 11.5 Å². The molecule has 0 amide bonds. The maximum atomic E-state index is 12.5. The molecule has 0 aromatic heterocycles. The number of carbonyl (C=O) groups is 1. The summed E-state index contributed by atoms with van der Waals surface area (Å²) in [6.45, 7) is -0.471. The van der Waals surface area contributed by atoms with Gasteiger partial charge in [0, 0.05) is 5.56 Å². The summed E-state index contributed by atoms with van der Waals surface area (Å²) in [5.41, 5.74) is 0.287. The smallest absolute Gasteiger partial charge is 0.363 e. The van der Waals surface area contributed by atoms with Crippen molar-refractivity contribution in [2.45, 2.75) is 11.7 Å². The van der Waals surface area contributed by atoms with E-state index in [2.05, 4.69) is 0 Å². The Bertz CT molecular complexity index is 1080. The van der Waals surface area contributed by atoms with Crippen LogP contribution in [-0.4, -0.2) is 29.0 Å². The Morgan fingerprint density at radius 3 is 2.07 bits per heavy atom. The average molecular weight is 414 g/mol. The number of Topliss-reactive ketones (excluding diaryl/α,β-unsaturated/α-hetero) is 1. The first-order valence-corrected chi connectivity index (χ1v) is 9.99. The SMILES string of the molecule is O=C(c1ccccc1)C(O)(OCc1cccc(Oc2ccccc2)c1)S(=O)(=O)O. The number of benzene rings is 3. The van der Waals surface area contributed by atoms with Gasteiger partial charge in [-0.25, -0.2) is 0 Å². The second kappa shape index (κ2) is 8.54. The Hall–Kier alpha value is -3.04. The molecule has 1 atom stereocenters. The lowest BCUT2D eigenvalue weighted by molar-refractivity contribution is -0.118. The lowest BCUT2D eigenvalue weighted by atomic mass is 10.1. The van der Waals surface area contributed by atoms with Gasteiger partial charge in [-0.1, -0.05) is 60.7 Å². The molecule has 0 aliphatic heterocycles. The minimum Gasteiger partial charge on any atom is -0.457 e. The summed E-state index contributed by atoms with van der Waals surface area (Å²) in [5, 5.41) is 6.95. The molecule has 0 aliphatic carbocycles. The van der Waals surface area contributed by atoms with Gasteiger partial charge in [-0.15, -0.1) is 0 Å². The van der Waals surface area contributed by atoms with Gasteiger partial charge in [0.25, 0.3) is 0 Å². The molecule has 0 aliphatic rings. The first kappa shape index (κ1) is 20.7. The van der Waals surface area contributed by atoms with E-state index in [0.29, 0.717) is 17.1 Å². The fourth-order valence-corrected chi connectivity index (χ4v) is 3.09. The number of para-hydroxylation sites is 1. The maximum absolute atomic E-state index is 12.5. The molecule has 8 heteroatoms. The number of hydrogen-bond acceptors (Lipinski definition) is 6. The van der Waals surface area contributed by atoms with Crippen molar-refractivity contribution in [1.82, 2.24) is 0 Å².